The average molecular weight is 551 g/mol. The van der Waals surface area contributed by atoms with Gasteiger partial charge in [-0.15, -0.1) is 0 Å². The number of hydrogen-bond donors (Lipinski definition) is 1. The summed E-state index contributed by atoms with van der Waals surface area (Å²) < 4.78 is 25.2. The molecule has 5 rings (SSSR count). The summed E-state index contributed by atoms with van der Waals surface area (Å²) in [4.78, 5) is 26.0. The lowest BCUT2D eigenvalue weighted by molar-refractivity contribution is -0.113. The summed E-state index contributed by atoms with van der Waals surface area (Å²) in [5, 5.41) is 11.5. The molecule has 1 aromatic rings. The van der Waals surface area contributed by atoms with Crippen molar-refractivity contribution in [2.24, 2.45) is 11.8 Å². The van der Waals surface area contributed by atoms with Crippen LogP contribution in [0.3, 0.4) is 0 Å². The molecule has 1 N–H and O–H groups in total. The lowest BCUT2D eigenvalue weighted by Gasteiger charge is -2.45. The summed E-state index contributed by atoms with van der Waals surface area (Å²) in [6, 6.07) is 0. The normalized spacial score (nSPS) is 29.7. The van der Waals surface area contributed by atoms with Crippen LogP contribution in [0.2, 0.25) is 0 Å². The fraction of sp³-hybridized carbons (Fsp3) is 0.576. The molecule has 0 amide bonds. The molecular formula is C33H42O7. The van der Waals surface area contributed by atoms with Gasteiger partial charge in [0.2, 0.25) is 0 Å². The summed E-state index contributed by atoms with van der Waals surface area (Å²) in [6.07, 6.45) is 10.4. The maximum Gasteiger partial charge on any atom is 0.199 e. The zero-order chi connectivity index (χ0) is 29.2. The Kier molecular flexibility index (Phi) is 7.07. The third-order valence-electron chi connectivity index (χ3n) is 9.12. The van der Waals surface area contributed by atoms with Gasteiger partial charge in [-0.3, -0.25) is 4.79 Å². The molecule has 4 unspecified atom stereocenters. The maximum atomic E-state index is 14.1. The van der Waals surface area contributed by atoms with Crippen molar-refractivity contribution in [3.8, 4) is 17.2 Å². The van der Waals surface area contributed by atoms with Crippen molar-refractivity contribution in [2.75, 3.05) is 7.11 Å². The van der Waals surface area contributed by atoms with Crippen LogP contribution >= 0.6 is 0 Å². The van der Waals surface area contributed by atoms with E-state index in [1.807, 2.05) is 46.8 Å². The summed E-state index contributed by atoms with van der Waals surface area (Å²) in [5.74, 6) is -0.304. The topological polar surface area (TPSA) is 94.6 Å². The molecular weight excluding hydrogens is 508 g/mol. The van der Waals surface area contributed by atoms with Gasteiger partial charge in [-0.25, -0.2) is 0 Å². The Balaban J connectivity index is 1.66. The van der Waals surface area contributed by atoms with E-state index >= 15 is 0 Å². The molecule has 4 aliphatic rings. The molecule has 5 atom stereocenters. The van der Waals surface area contributed by atoms with Gasteiger partial charge in [0.25, 0.3) is 0 Å². The number of methoxy groups -OCH3 is 1. The molecule has 216 valence electrons. The Morgan fingerprint density at radius 2 is 1.93 bits per heavy atom. The molecule has 1 saturated heterocycles. The highest BCUT2D eigenvalue weighted by Gasteiger charge is 2.52. The van der Waals surface area contributed by atoms with Gasteiger partial charge in [0, 0.05) is 36.5 Å². The number of allylic oxidation sites excluding steroid dienone is 3. The Hall–Kier alpha value is -2.90. The number of phenolic OH excluding ortho intramolecular Hbond substituents is 1. The number of hydrogen-bond acceptors (Lipinski definition) is 7. The van der Waals surface area contributed by atoms with Crippen LogP contribution in [0.1, 0.15) is 89.2 Å². The Labute approximate surface area is 237 Å². The zero-order valence-electron chi connectivity index (χ0n) is 24.9. The first-order valence-electron chi connectivity index (χ1n) is 14.3. The number of phenols is 1. The van der Waals surface area contributed by atoms with E-state index in [2.05, 4.69) is 19.9 Å². The number of aromatic hydroxyl groups is 1. The average Bonchev–Trinajstić information content (AvgIpc) is 3.50. The highest BCUT2D eigenvalue weighted by atomic mass is 16.6. The highest BCUT2D eigenvalue weighted by molar-refractivity contribution is 6.15. The van der Waals surface area contributed by atoms with E-state index in [9.17, 15) is 14.7 Å². The quantitative estimate of drug-likeness (QED) is 0.236. The third-order valence-corrected chi connectivity index (χ3v) is 9.12. The highest BCUT2D eigenvalue weighted by Crippen LogP contribution is 2.54. The lowest BCUT2D eigenvalue weighted by atomic mass is 9.70. The van der Waals surface area contributed by atoms with Crippen LogP contribution in [-0.4, -0.2) is 53.3 Å². The fourth-order valence-corrected chi connectivity index (χ4v) is 6.22. The van der Waals surface area contributed by atoms with E-state index in [-0.39, 0.29) is 34.7 Å². The maximum absolute atomic E-state index is 14.1. The van der Waals surface area contributed by atoms with Gasteiger partial charge >= 0.3 is 0 Å². The number of Topliss-reactive ketones (excluding diaryl/α,β-unsaturated/α-hetero) is 1. The van der Waals surface area contributed by atoms with E-state index in [0.717, 1.165) is 24.7 Å². The van der Waals surface area contributed by atoms with Crippen LogP contribution in [0.25, 0.3) is 6.08 Å². The van der Waals surface area contributed by atoms with E-state index < -0.39 is 23.2 Å². The van der Waals surface area contributed by atoms with Crippen molar-refractivity contribution in [3.05, 3.63) is 46.1 Å². The summed E-state index contributed by atoms with van der Waals surface area (Å²) in [7, 11) is 1.63. The van der Waals surface area contributed by atoms with E-state index in [4.69, 9.17) is 18.9 Å². The van der Waals surface area contributed by atoms with Gasteiger partial charge in [-0.1, -0.05) is 17.7 Å². The molecule has 0 spiro atoms. The van der Waals surface area contributed by atoms with Crippen LogP contribution in [0.5, 0.6) is 17.2 Å². The number of aldehydes is 1. The minimum Gasteiger partial charge on any atom is -0.506 e. The Morgan fingerprint density at radius 1 is 1.23 bits per heavy atom. The number of carbonyl (C=O) groups is 2. The summed E-state index contributed by atoms with van der Waals surface area (Å²) in [5.41, 5.74) is 1.40. The van der Waals surface area contributed by atoms with Crippen LogP contribution in [0.4, 0.5) is 0 Å². The third kappa shape index (κ3) is 4.92. The van der Waals surface area contributed by atoms with E-state index in [1.54, 1.807) is 13.2 Å². The molecule has 0 radical (unpaired) electrons. The SMILES string of the molecule is COC(C)(C)C1CC(C=O)C=C2C(=O)c3c(O)c4c(c(CC5OC5(C)C)c3OC21)O[C@@](C)(CCC=C(C)C)C=C4. The van der Waals surface area contributed by atoms with Crippen LogP contribution in [-0.2, 0) is 20.7 Å². The second kappa shape index (κ2) is 9.88. The first kappa shape index (κ1) is 28.6. The standard InChI is InChI=1S/C33H42O7/c1-18(2)10-9-12-33(7)13-11-20-26(35)25-27(36)21-14-19(17-34)15-23(31(3,4)37-8)29(21)38-30(25)22(28(20)40-33)16-24-32(5,6)39-24/h10-11,13-14,17,19,23-24,29,35H,9,12,15-16H2,1-8H3/t19?,23?,24?,29?,33-/m0/s1. The van der Waals surface area contributed by atoms with Gasteiger partial charge in [0.15, 0.2) is 5.78 Å². The Bertz CT molecular complexity index is 1330. The number of ether oxygens (including phenoxy) is 4. The van der Waals surface area contributed by atoms with Gasteiger partial charge in [-0.2, -0.15) is 0 Å². The molecule has 0 bridgehead atoms. The monoisotopic (exact) mass is 550 g/mol. The van der Waals surface area contributed by atoms with Crippen LogP contribution in [0.15, 0.2) is 29.4 Å². The molecule has 7 nitrogen and oxygen atoms in total. The predicted molar refractivity (Wildman–Crippen MR) is 153 cm³/mol. The number of rotatable bonds is 8. The summed E-state index contributed by atoms with van der Waals surface area (Å²) in [6.45, 7) is 14.2. The molecule has 7 heteroatoms. The summed E-state index contributed by atoms with van der Waals surface area (Å²) >= 11 is 0. The van der Waals surface area contributed by atoms with Crippen LogP contribution in [0, 0.1) is 11.8 Å². The van der Waals surface area contributed by atoms with E-state index in [1.165, 1.54) is 5.57 Å². The molecule has 0 saturated carbocycles. The second-order valence-electron chi connectivity index (χ2n) is 13.2. The number of carbonyl (C=O) groups excluding carboxylic acids is 2. The lowest BCUT2D eigenvalue weighted by Crippen LogP contribution is -2.50. The number of ketones is 1. The first-order valence-corrected chi connectivity index (χ1v) is 14.3. The molecule has 1 aromatic carbocycles. The predicted octanol–water partition coefficient (Wildman–Crippen LogP) is 6.15. The van der Waals surface area contributed by atoms with Gasteiger partial charge < -0.3 is 28.8 Å². The largest absolute Gasteiger partial charge is 0.506 e. The molecule has 3 aliphatic heterocycles. The number of fused-ring (bicyclic) bond motifs is 3. The van der Waals surface area contributed by atoms with E-state index in [0.29, 0.717) is 35.5 Å². The van der Waals surface area contributed by atoms with Gasteiger partial charge in [0.1, 0.15) is 40.8 Å². The van der Waals surface area contributed by atoms with Crippen molar-refractivity contribution in [3.63, 3.8) is 0 Å². The Morgan fingerprint density at radius 3 is 2.52 bits per heavy atom. The molecule has 40 heavy (non-hydrogen) atoms. The first-order chi connectivity index (χ1) is 18.7. The van der Waals surface area contributed by atoms with Crippen molar-refractivity contribution in [1.82, 2.24) is 0 Å². The smallest absolute Gasteiger partial charge is 0.199 e. The molecule has 0 aromatic heterocycles. The fourth-order valence-electron chi connectivity index (χ4n) is 6.22. The zero-order valence-corrected chi connectivity index (χ0v) is 24.9. The molecule has 3 heterocycles. The minimum absolute atomic E-state index is 0.0793. The van der Waals surface area contributed by atoms with Crippen molar-refractivity contribution in [1.29, 1.82) is 0 Å². The van der Waals surface area contributed by atoms with Crippen molar-refractivity contribution in [2.45, 2.75) is 103 Å². The van der Waals surface area contributed by atoms with Gasteiger partial charge in [0.05, 0.1) is 22.9 Å². The van der Waals surface area contributed by atoms with Crippen molar-refractivity contribution >= 4 is 18.1 Å². The second-order valence-corrected chi connectivity index (χ2v) is 13.2. The van der Waals surface area contributed by atoms with Crippen LogP contribution < -0.4 is 9.47 Å². The molecule has 1 fully saturated rings. The number of benzene rings is 1. The number of epoxide rings is 1. The van der Waals surface area contributed by atoms with Gasteiger partial charge in [-0.05, 0) is 79.9 Å². The van der Waals surface area contributed by atoms with Crippen molar-refractivity contribution < 1.29 is 33.6 Å². The molecule has 1 aliphatic carbocycles. The minimum atomic E-state index is -0.663.